The molecule has 0 spiro atoms. The summed E-state index contributed by atoms with van der Waals surface area (Å²) in [4.78, 5) is 94.5. The summed E-state index contributed by atoms with van der Waals surface area (Å²) in [5.74, 6) is -2.25. The molecular weight excluding hydrogens is 992 g/mol. The molecule has 23 heteroatoms. The molecule has 2 aliphatic heterocycles. The molecule has 3 aromatic heterocycles. The van der Waals surface area contributed by atoms with Gasteiger partial charge in [-0.2, -0.15) is 4.57 Å². The maximum absolute atomic E-state index is 14.4. The molecule has 2 N–H and O–H groups in total. The van der Waals surface area contributed by atoms with Crippen LogP contribution < -0.4 is 19.9 Å². The number of carbonyl (C=O) groups is 6. The van der Waals surface area contributed by atoms with Gasteiger partial charge in [0.25, 0.3) is 11.8 Å². The smallest absolute Gasteiger partial charge is 0.413 e. The highest BCUT2D eigenvalue weighted by molar-refractivity contribution is 8.00. The molecule has 0 radical (unpaired) electrons. The van der Waals surface area contributed by atoms with Crippen LogP contribution in [0.4, 0.5) is 14.7 Å². The Hall–Kier alpha value is -6.39. The Bertz CT molecular complexity index is 2790. The van der Waals surface area contributed by atoms with Crippen LogP contribution in [0.15, 0.2) is 71.3 Å². The molecule has 2 aliphatic rings. The van der Waals surface area contributed by atoms with E-state index in [-0.39, 0.29) is 39.8 Å². The Morgan fingerprint density at radius 1 is 0.931 bits per heavy atom. The monoisotopic (exact) mass is 1050 g/mol. The molecule has 388 valence electrons. The van der Waals surface area contributed by atoms with Crippen LogP contribution in [0, 0.1) is 0 Å². The van der Waals surface area contributed by atoms with Crippen LogP contribution in [0.1, 0.15) is 87.4 Å². The number of nitrogens with zero attached hydrogens (tertiary/aromatic N) is 6. The van der Waals surface area contributed by atoms with Crippen molar-refractivity contribution in [2.24, 2.45) is 5.16 Å². The fourth-order valence-electron chi connectivity index (χ4n) is 7.07. The van der Waals surface area contributed by atoms with Gasteiger partial charge in [0.1, 0.15) is 61.8 Å². The highest BCUT2D eigenvalue weighted by Crippen LogP contribution is 2.41. The molecule has 1 saturated heterocycles. The van der Waals surface area contributed by atoms with Crippen molar-refractivity contribution < 1.29 is 61.9 Å². The predicted molar refractivity (Wildman–Crippen MR) is 270 cm³/mol. The normalized spacial score (nSPS) is 16.3. The summed E-state index contributed by atoms with van der Waals surface area (Å²) in [6.45, 7) is 19.2. The van der Waals surface area contributed by atoms with E-state index >= 15 is 0 Å². The van der Waals surface area contributed by atoms with Gasteiger partial charge < -0.3 is 43.3 Å². The topological polar surface area (TPSA) is 222 Å². The number of benzene rings is 1. The first-order valence-electron chi connectivity index (χ1n) is 22.9. The molecule has 1 fully saturated rings. The number of amides is 4. The van der Waals surface area contributed by atoms with E-state index in [0.717, 1.165) is 22.4 Å². The number of hydrogen-bond donors (Lipinski definition) is 2. The number of anilines is 1. The average Bonchev–Trinajstić information content (AvgIpc) is 3.87. The lowest BCUT2D eigenvalue weighted by Crippen LogP contribution is -2.71. The minimum Gasteiger partial charge on any atom is -0.497 e. The first-order valence-corrected chi connectivity index (χ1v) is 25.1. The number of rotatable bonds is 16. The zero-order valence-corrected chi connectivity index (χ0v) is 45.1. The highest BCUT2D eigenvalue weighted by Gasteiger charge is 2.55. The first-order chi connectivity index (χ1) is 33.5. The van der Waals surface area contributed by atoms with E-state index in [4.69, 9.17) is 40.1 Å². The van der Waals surface area contributed by atoms with Crippen molar-refractivity contribution in [1.29, 1.82) is 0 Å². The molecule has 6 rings (SSSR count). The van der Waals surface area contributed by atoms with Gasteiger partial charge >= 0.3 is 24.1 Å². The molecule has 1 aromatic carbocycles. The fourth-order valence-corrected chi connectivity index (χ4v) is 9.43. The first kappa shape index (κ1) is 54.9. The Morgan fingerprint density at radius 2 is 1.60 bits per heavy atom. The van der Waals surface area contributed by atoms with Gasteiger partial charge in [0.15, 0.2) is 23.6 Å². The minimum atomic E-state index is -1.73. The van der Waals surface area contributed by atoms with Crippen LogP contribution in [0.2, 0.25) is 4.34 Å². The SMILES string of the molecule is COc1ccc(COC(=O)C2=C(C[n+]3cccc4c3ccn4CCN(C)C(=O)OC(C)(C)C)CSC3C(NC(=O)/C(=N\OC(C)(C)C(=O)OC(C)(C)C)c4nc(NC(=O)OC(C)(C)C)sc4Cl)C(=O)N23)cc1. The number of nitrogens with one attached hydrogen (secondary N) is 2. The largest absolute Gasteiger partial charge is 0.497 e. The third kappa shape index (κ3) is 13.8. The quantitative estimate of drug-likeness (QED) is 0.0283. The zero-order chi connectivity index (χ0) is 53.1. The maximum Gasteiger partial charge on any atom is 0.413 e. The van der Waals surface area contributed by atoms with E-state index < -0.39 is 75.5 Å². The van der Waals surface area contributed by atoms with E-state index in [0.29, 0.717) is 30.0 Å². The number of aromatic nitrogens is 3. The molecular formula is C49H62ClN8O12S2+. The number of esters is 2. The van der Waals surface area contributed by atoms with Crippen molar-refractivity contribution in [3.05, 3.63) is 81.7 Å². The van der Waals surface area contributed by atoms with Crippen LogP contribution in [0.5, 0.6) is 5.75 Å². The summed E-state index contributed by atoms with van der Waals surface area (Å²) in [6.07, 6.45) is 2.52. The van der Waals surface area contributed by atoms with E-state index in [1.807, 2.05) is 60.5 Å². The van der Waals surface area contributed by atoms with Crippen molar-refractivity contribution in [2.45, 2.75) is 130 Å². The summed E-state index contributed by atoms with van der Waals surface area (Å²) in [7, 11) is 3.23. The molecule has 20 nitrogen and oxygen atoms in total. The third-order valence-electron chi connectivity index (χ3n) is 10.5. The van der Waals surface area contributed by atoms with E-state index in [2.05, 4.69) is 20.8 Å². The van der Waals surface area contributed by atoms with Gasteiger partial charge in [-0.05, 0) is 99.9 Å². The minimum absolute atomic E-state index is 0.0300. The van der Waals surface area contributed by atoms with Gasteiger partial charge in [-0.25, -0.2) is 24.2 Å². The lowest BCUT2D eigenvalue weighted by atomic mass is 10.0. The molecule has 0 bridgehead atoms. The fraction of sp³-hybridized carbons (Fsp3) is 0.490. The molecule has 4 amide bonds. The van der Waals surface area contributed by atoms with Crippen molar-refractivity contribution >= 4 is 92.5 Å². The number of pyridine rings is 1. The summed E-state index contributed by atoms with van der Waals surface area (Å²) in [5, 5.41) is 8.46. The van der Waals surface area contributed by atoms with Gasteiger partial charge in [-0.1, -0.05) is 40.2 Å². The lowest BCUT2D eigenvalue weighted by Gasteiger charge is -2.49. The number of fused-ring (bicyclic) bond motifs is 2. The number of β-lactam (4-membered cyclic amide) rings is 1. The molecule has 4 aromatic rings. The average molecular weight is 1050 g/mol. The van der Waals surface area contributed by atoms with Crippen molar-refractivity contribution in [3.8, 4) is 5.75 Å². The van der Waals surface area contributed by atoms with Crippen molar-refractivity contribution in [3.63, 3.8) is 0 Å². The molecule has 5 heterocycles. The van der Waals surface area contributed by atoms with Gasteiger partial charge in [0.05, 0.1) is 7.11 Å². The molecule has 0 aliphatic carbocycles. The third-order valence-corrected chi connectivity index (χ3v) is 13.0. The Kier molecular flexibility index (Phi) is 16.6. The summed E-state index contributed by atoms with van der Waals surface area (Å²) >= 11 is 8.77. The Morgan fingerprint density at radius 3 is 2.24 bits per heavy atom. The standard InChI is InChI=1S/C49H61ClN8O12S2/c1-46(2,3)67-42(62)49(10,11)70-54-34(33-37(50)72-43(52-33)53-44(63)68-47(4,5)6)38(59)51-35-39(60)58-36(41(61)66-26-28-16-18-30(65-13)19-17-28)29(27-71-40(35)58)25-57-21-14-15-31-32(57)20-22-56(31)24-23-55(12)45(64)69-48(7,8)9/h14-22,35,40H,23-27H2,1-13H3,(H-,51,52,53,59,63)/p+1/b54-34-. The van der Waals surface area contributed by atoms with Crippen LogP contribution in [-0.4, -0.2) is 121 Å². The van der Waals surface area contributed by atoms with E-state index in [1.54, 1.807) is 80.0 Å². The van der Waals surface area contributed by atoms with Crippen molar-refractivity contribution in [2.75, 3.05) is 31.8 Å². The number of carbonyl (C=O) groups excluding carboxylic acids is 6. The molecule has 0 saturated carbocycles. The summed E-state index contributed by atoms with van der Waals surface area (Å²) in [5.41, 5.74) is -1.85. The van der Waals surface area contributed by atoms with Crippen molar-refractivity contribution in [1.82, 2.24) is 24.7 Å². The Balaban J connectivity index is 1.29. The Labute approximate surface area is 431 Å². The second kappa shape index (κ2) is 21.8. The summed E-state index contributed by atoms with van der Waals surface area (Å²) < 4.78 is 31.4. The zero-order valence-electron chi connectivity index (χ0n) is 42.7. The number of ether oxygens (including phenoxy) is 5. The van der Waals surface area contributed by atoms with Gasteiger partial charge in [0, 0.05) is 49.8 Å². The van der Waals surface area contributed by atoms with Crippen LogP contribution in [0.3, 0.4) is 0 Å². The molecule has 72 heavy (non-hydrogen) atoms. The van der Waals surface area contributed by atoms with Gasteiger partial charge in [0.2, 0.25) is 11.1 Å². The highest BCUT2D eigenvalue weighted by atomic mass is 35.5. The summed E-state index contributed by atoms with van der Waals surface area (Å²) in [6, 6.07) is 11.6. The predicted octanol–water partition coefficient (Wildman–Crippen LogP) is 7.20. The van der Waals surface area contributed by atoms with E-state index in [1.165, 1.54) is 35.4 Å². The van der Waals surface area contributed by atoms with E-state index in [9.17, 15) is 28.8 Å². The molecule has 2 atom stereocenters. The lowest BCUT2D eigenvalue weighted by molar-refractivity contribution is -0.663. The maximum atomic E-state index is 14.4. The number of methoxy groups -OCH3 is 1. The number of oxime groups is 1. The number of hydrogen-bond acceptors (Lipinski definition) is 16. The van der Waals surface area contributed by atoms with Gasteiger partial charge in [-0.15, -0.1) is 11.8 Å². The van der Waals surface area contributed by atoms with Crippen LogP contribution in [-0.2, 0) is 62.7 Å². The number of thiazole rings is 1. The van der Waals surface area contributed by atoms with Gasteiger partial charge in [-0.3, -0.25) is 19.8 Å². The van der Waals surface area contributed by atoms with Crippen LogP contribution in [0.25, 0.3) is 11.0 Å². The number of thioether (sulfide) groups is 1. The molecule has 2 unspecified atom stereocenters. The second-order valence-electron chi connectivity index (χ2n) is 20.4. The number of halogens is 1. The second-order valence-corrected chi connectivity index (χ2v) is 23.1. The van der Waals surface area contributed by atoms with Crippen LogP contribution >= 0.6 is 34.7 Å². The number of likely N-dealkylation sites (N-methyl/N-ethyl adjacent to an activating group) is 1.